The fourth-order valence-corrected chi connectivity index (χ4v) is 8.11. The Morgan fingerprint density at radius 2 is 1.82 bits per heavy atom. The van der Waals surface area contributed by atoms with Crippen molar-refractivity contribution in [1.82, 2.24) is 9.80 Å². The van der Waals surface area contributed by atoms with E-state index in [1.54, 1.807) is 5.57 Å². The van der Waals surface area contributed by atoms with Gasteiger partial charge in [0.2, 0.25) is 0 Å². The topological polar surface area (TPSA) is 26.7 Å². The van der Waals surface area contributed by atoms with E-state index < -0.39 is 0 Å². The summed E-state index contributed by atoms with van der Waals surface area (Å²) in [4.78, 5) is 5.22. The lowest BCUT2D eigenvalue weighted by Crippen LogP contribution is -2.47. The molecule has 0 aromatic heterocycles. The molecule has 2 aliphatic heterocycles. The molecule has 1 spiro atoms. The van der Waals surface area contributed by atoms with E-state index in [-0.39, 0.29) is 6.10 Å². The lowest BCUT2D eigenvalue weighted by molar-refractivity contribution is 0.00547. The number of nitrogens with zero attached hydrogens (tertiary/aromatic N) is 2. The van der Waals surface area contributed by atoms with Crippen LogP contribution >= 0.6 is 11.6 Å². The van der Waals surface area contributed by atoms with E-state index in [2.05, 4.69) is 28.0 Å². The van der Waals surface area contributed by atoms with E-state index in [9.17, 15) is 5.11 Å². The van der Waals surface area contributed by atoms with Gasteiger partial charge >= 0.3 is 0 Å². The third-order valence-electron chi connectivity index (χ3n) is 10.2. The SMILES string of the molecule is OC(CN1CCC2(CCC3CCC=CC32)CC1)C1CCN(CCCC2=CCC(Cl)CC2)CC1. The molecule has 1 N–H and O–H groups in total. The first-order valence-electron chi connectivity index (χ1n) is 14.2. The maximum absolute atomic E-state index is 11.0. The molecule has 2 heterocycles. The molecule has 0 amide bonds. The van der Waals surface area contributed by atoms with Crippen molar-refractivity contribution >= 4 is 11.6 Å². The fraction of sp³-hybridized carbons (Fsp3) is 0.862. The van der Waals surface area contributed by atoms with Gasteiger partial charge in [0.05, 0.1) is 6.10 Å². The van der Waals surface area contributed by atoms with E-state index >= 15 is 0 Å². The molecule has 5 aliphatic rings. The lowest BCUT2D eigenvalue weighted by Gasteiger charge is -2.45. The number of hydrogen-bond donors (Lipinski definition) is 1. The summed E-state index contributed by atoms with van der Waals surface area (Å²) in [6.07, 6.45) is 23.9. The minimum absolute atomic E-state index is 0.136. The molecule has 3 nitrogen and oxygen atoms in total. The van der Waals surface area contributed by atoms with Crippen molar-refractivity contribution in [3.8, 4) is 0 Å². The van der Waals surface area contributed by atoms with Crippen LogP contribution in [0.4, 0.5) is 0 Å². The number of alkyl halides is 1. The fourth-order valence-electron chi connectivity index (χ4n) is 7.91. The molecular weight excluding hydrogens is 428 g/mol. The van der Waals surface area contributed by atoms with Gasteiger partial charge in [0, 0.05) is 11.9 Å². The standard InChI is InChI=1S/C29H47ClN2O/c30-26-9-7-23(8-10-26)4-3-17-31-18-12-25(13-19-31)28(33)22-32-20-15-29(16-21-32)14-11-24-5-1-2-6-27(24)29/h2,6-7,24-28,33H,1,3-5,8-22H2. The van der Waals surface area contributed by atoms with Gasteiger partial charge in [-0.15, -0.1) is 11.6 Å². The maximum atomic E-state index is 11.0. The Hall–Kier alpha value is -0.350. The van der Waals surface area contributed by atoms with E-state index in [0.717, 1.165) is 31.2 Å². The van der Waals surface area contributed by atoms with Crippen molar-refractivity contribution < 1.29 is 5.11 Å². The van der Waals surface area contributed by atoms with Crippen LogP contribution in [0.1, 0.15) is 83.5 Å². The van der Waals surface area contributed by atoms with Crippen LogP contribution in [0.15, 0.2) is 23.8 Å². The molecule has 4 unspecified atom stereocenters. The van der Waals surface area contributed by atoms with Gasteiger partial charge in [0.15, 0.2) is 0 Å². The van der Waals surface area contributed by atoms with Crippen molar-refractivity contribution in [2.45, 2.75) is 95.0 Å². The van der Waals surface area contributed by atoms with Crippen molar-refractivity contribution in [2.24, 2.45) is 23.2 Å². The molecule has 186 valence electrons. The van der Waals surface area contributed by atoms with Gasteiger partial charge in [0.25, 0.3) is 0 Å². The third kappa shape index (κ3) is 5.90. The molecule has 33 heavy (non-hydrogen) atoms. The van der Waals surface area contributed by atoms with E-state index in [1.807, 2.05) is 0 Å². The number of fused-ring (bicyclic) bond motifs is 2. The first-order chi connectivity index (χ1) is 16.1. The summed E-state index contributed by atoms with van der Waals surface area (Å²) in [7, 11) is 0. The summed E-state index contributed by atoms with van der Waals surface area (Å²) in [5.41, 5.74) is 2.22. The molecule has 0 bridgehead atoms. The second-order valence-corrected chi connectivity index (χ2v) is 12.7. The Morgan fingerprint density at radius 3 is 2.58 bits per heavy atom. The number of piperidine rings is 2. The quantitative estimate of drug-likeness (QED) is 0.361. The predicted octanol–water partition coefficient (Wildman–Crippen LogP) is 6.02. The van der Waals surface area contributed by atoms with Crippen LogP contribution in [0.25, 0.3) is 0 Å². The minimum Gasteiger partial charge on any atom is -0.392 e. The van der Waals surface area contributed by atoms with Crippen LogP contribution in [0.2, 0.25) is 0 Å². The summed E-state index contributed by atoms with van der Waals surface area (Å²) in [6.45, 7) is 6.86. The van der Waals surface area contributed by atoms with Gasteiger partial charge in [0.1, 0.15) is 0 Å². The van der Waals surface area contributed by atoms with E-state index in [4.69, 9.17) is 11.6 Å². The summed E-state index contributed by atoms with van der Waals surface area (Å²) < 4.78 is 0. The maximum Gasteiger partial charge on any atom is 0.0696 e. The average molecular weight is 475 g/mol. The molecule has 3 aliphatic carbocycles. The molecule has 0 aromatic rings. The molecular formula is C29H47ClN2O. The number of likely N-dealkylation sites (tertiary alicyclic amines) is 2. The molecule has 3 fully saturated rings. The van der Waals surface area contributed by atoms with Crippen molar-refractivity contribution in [1.29, 1.82) is 0 Å². The van der Waals surface area contributed by atoms with Crippen LogP contribution in [0.5, 0.6) is 0 Å². The Morgan fingerprint density at radius 1 is 1.00 bits per heavy atom. The molecule has 1 saturated carbocycles. The van der Waals surface area contributed by atoms with Crippen LogP contribution in [0.3, 0.4) is 0 Å². The first kappa shape index (κ1) is 24.3. The summed E-state index contributed by atoms with van der Waals surface area (Å²) >= 11 is 6.21. The lowest BCUT2D eigenvalue weighted by atomic mass is 9.67. The van der Waals surface area contributed by atoms with Gasteiger partial charge < -0.3 is 14.9 Å². The van der Waals surface area contributed by atoms with E-state index in [0.29, 0.717) is 16.7 Å². The largest absolute Gasteiger partial charge is 0.392 e. The highest BCUT2D eigenvalue weighted by Crippen LogP contribution is 2.56. The Bertz CT molecular complexity index is 690. The van der Waals surface area contributed by atoms with Crippen molar-refractivity contribution in [3.05, 3.63) is 23.8 Å². The Kier molecular flexibility index (Phi) is 8.22. The van der Waals surface area contributed by atoms with Gasteiger partial charge in [-0.05, 0) is 139 Å². The normalized spacial score (nSPS) is 34.4. The Balaban J connectivity index is 0.993. The Labute approximate surface area is 207 Å². The molecule has 2 saturated heterocycles. The van der Waals surface area contributed by atoms with Gasteiger partial charge in [-0.1, -0.05) is 23.8 Å². The highest BCUT2D eigenvalue weighted by molar-refractivity contribution is 6.20. The number of allylic oxidation sites excluding steroid dienone is 4. The summed E-state index contributed by atoms with van der Waals surface area (Å²) in [5, 5.41) is 11.4. The number of halogens is 1. The van der Waals surface area contributed by atoms with Crippen LogP contribution in [-0.2, 0) is 0 Å². The van der Waals surface area contributed by atoms with Crippen LogP contribution < -0.4 is 0 Å². The van der Waals surface area contributed by atoms with Gasteiger partial charge in [-0.25, -0.2) is 0 Å². The number of rotatable bonds is 7. The highest BCUT2D eigenvalue weighted by atomic mass is 35.5. The van der Waals surface area contributed by atoms with Crippen molar-refractivity contribution in [2.75, 3.05) is 39.3 Å². The molecule has 4 heteroatoms. The average Bonchev–Trinajstić information content (AvgIpc) is 3.20. The highest BCUT2D eigenvalue weighted by Gasteiger charge is 2.48. The van der Waals surface area contributed by atoms with Crippen molar-refractivity contribution in [3.63, 3.8) is 0 Å². The molecule has 0 radical (unpaired) electrons. The van der Waals surface area contributed by atoms with E-state index in [1.165, 1.54) is 103 Å². The summed E-state index contributed by atoms with van der Waals surface area (Å²) in [6, 6.07) is 0. The first-order valence-corrected chi connectivity index (χ1v) is 14.7. The zero-order valence-corrected chi connectivity index (χ0v) is 21.5. The second-order valence-electron chi connectivity index (χ2n) is 12.1. The molecule has 4 atom stereocenters. The smallest absolute Gasteiger partial charge is 0.0696 e. The zero-order chi connectivity index (χ0) is 22.7. The van der Waals surface area contributed by atoms with Crippen LogP contribution in [-0.4, -0.2) is 65.7 Å². The number of aliphatic hydroxyl groups is 1. The molecule has 0 aromatic carbocycles. The third-order valence-corrected chi connectivity index (χ3v) is 10.6. The molecule has 5 rings (SSSR count). The monoisotopic (exact) mass is 474 g/mol. The number of aliphatic hydroxyl groups excluding tert-OH is 1. The summed E-state index contributed by atoms with van der Waals surface area (Å²) in [5.74, 6) is 2.32. The second kappa shape index (κ2) is 11.1. The van der Waals surface area contributed by atoms with Gasteiger partial charge in [-0.3, -0.25) is 0 Å². The van der Waals surface area contributed by atoms with Gasteiger partial charge in [-0.2, -0.15) is 0 Å². The number of β-amino-alcohol motifs (C(OH)–C–C–N with tert-alkyl or cyclic N) is 1. The number of hydrogen-bond acceptors (Lipinski definition) is 3. The van der Waals surface area contributed by atoms with Crippen LogP contribution in [0, 0.1) is 23.2 Å². The predicted molar refractivity (Wildman–Crippen MR) is 139 cm³/mol. The minimum atomic E-state index is -0.136. The zero-order valence-electron chi connectivity index (χ0n) is 20.8.